The highest BCUT2D eigenvalue weighted by atomic mass is 19.1. The fourth-order valence-electron chi connectivity index (χ4n) is 7.91. The molecule has 3 aliphatic heterocycles. The van der Waals surface area contributed by atoms with Crippen LogP contribution < -0.4 is 14.4 Å². The SMILES string of the molecule is CCc1c(F)ccc2cc(OCOC)cc(-c3ncc4c(N5CCn6ncc(C#N)c6C5)nc(OC[C@@]56CCCN5C[C@H](F)C6)nc4c3F)c12. The first-order valence-electron chi connectivity index (χ1n) is 16.8. The van der Waals surface area contributed by atoms with Crippen LogP contribution in [0.25, 0.3) is 32.9 Å². The molecule has 0 aliphatic carbocycles. The van der Waals surface area contributed by atoms with E-state index >= 15 is 8.78 Å². The second-order valence-electron chi connectivity index (χ2n) is 13.1. The molecule has 0 N–H and O–H groups in total. The van der Waals surface area contributed by atoms with Crippen molar-refractivity contribution in [1.29, 1.82) is 5.26 Å². The molecule has 2 aromatic carbocycles. The predicted octanol–water partition coefficient (Wildman–Crippen LogP) is 5.71. The monoisotopic (exact) mass is 684 g/mol. The molecule has 14 heteroatoms. The van der Waals surface area contributed by atoms with E-state index in [-0.39, 0.29) is 30.6 Å². The maximum atomic E-state index is 17.1. The number of alkyl halides is 1. The van der Waals surface area contributed by atoms with Crippen LogP contribution in [-0.4, -0.2) is 81.5 Å². The highest BCUT2D eigenvalue weighted by Crippen LogP contribution is 2.42. The molecule has 6 heterocycles. The lowest BCUT2D eigenvalue weighted by Crippen LogP contribution is -2.43. The van der Waals surface area contributed by atoms with Gasteiger partial charge in [0.1, 0.15) is 47.4 Å². The van der Waals surface area contributed by atoms with Crippen LogP contribution in [0.2, 0.25) is 0 Å². The molecule has 50 heavy (non-hydrogen) atoms. The minimum atomic E-state index is -0.943. The number of halogens is 3. The van der Waals surface area contributed by atoms with Crippen molar-refractivity contribution < 1.29 is 27.4 Å². The summed E-state index contributed by atoms with van der Waals surface area (Å²) in [5.74, 6) is -0.356. The Morgan fingerprint density at radius 1 is 1.10 bits per heavy atom. The molecule has 2 saturated heterocycles. The molecule has 2 fully saturated rings. The molecule has 0 radical (unpaired) electrons. The standard InChI is InChI=1S/C36H35F3N8O3/c1-3-25-28(38)6-5-21-11-24(50-20-48-2)12-26(30(21)25)32-31(39)33-27(16-41-32)34(45-9-10-47-29(18-45)22(14-40)15-42-47)44-35(43-33)49-19-36-7-4-8-46(36)17-23(37)13-36/h5-6,11-12,15-16,23H,3-4,7-10,13,17-20H2,1-2H3/t23-,36+/m1/s1. The lowest BCUT2D eigenvalue weighted by atomic mass is 9.94. The number of rotatable bonds is 9. The van der Waals surface area contributed by atoms with Gasteiger partial charge in [-0.25, -0.2) is 13.2 Å². The molecular weight excluding hydrogens is 649 g/mol. The van der Waals surface area contributed by atoms with Crippen molar-refractivity contribution in [2.45, 2.75) is 57.4 Å². The number of hydrogen-bond donors (Lipinski definition) is 0. The summed E-state index contributed by atoms with van der Waals surface area (Å²) in [6.07, 6.45) is 4.55. The fraction of sp³-hybridized carbons (Fsp3) is 0.417. The lowest BCUT2D eigenvalue weighted by Gasteiger charge is -2.32. The van der Waals surface area contributed by atoms with Gasteiger partial charge in [0.15, 0.2) is 12.6 Å². The van der Waals surface area contributed by atoms with Crippen molar-refractivity contribution in [3.63, 3.8) is 0 Å². The van der Waals surface area contributed by atoms with Gasteiger partial charge in [-0.05, 0) is 60.3 Å². The zero-order valence-corrected chi connectivity index (χ0v) is 27.8. The molecule has 0 spiro atoms. The van der Waals surface area contributed by atoms with E-state index in [1.807, 2.05) is 11.8 Å². The van der Waals surface area contributed by atoms with E-state index in [9.17, 15) is 9.65 Å². The molecule has 258 valence electrons. The third-order valence-corrected chi connectivity index (χ3v) is 10.3. The van der Waals surface area contributed by atoms with E-state index in [2.05, 4.69) is 26.0 Å². The summed E-state index contributed by atoms with van der Waals surface area (Å²) in [4.78, 5) is 18.1. The van der Waals surface area contributed by atoms with Gasteiger partial charge in [0.25, 0.3) is 0 Å². The molecule has 5 aromatic rings. The number of nitrogens with zero attached hydrogens (tertiary/aromatic N) is 8. The number of aromatic nitrogens is 5. The van der Waals surface area contributed by atoms with E-state index in [1.54, 1.807) is 22.9 Å². The van der Waals surface area contributed by atoms with Crippen LogP contribution in [0.15, 0.2) is 36.7 Å². The molecule has 2 atom stereocenters. The summed E-state index contributed by atoms with van der Waals surface area (Å²) in [5, 5.41) is 15.5. The number of anilines is 1. The molecule has 0 amide bonds. The Morgan fingerprint density at radius 3 is 2.80 bits per heavy atom. The van der Waals surface area contributed by atoms with E-state index in [0.29, 0.717) is 89.1 Å². The Kier molecular flexibility index (Phi) is 8.19. The molecule has 0 saturated carbocycles. The van der Waals surface area contributed by atoms with Crippen molar-refractivity contribution in [2.24, 2.45) is 0 Å². The van der Waals surface area contributed by atoms with Crippen LogP contribution in [0.5, 0.6) is 11.8 Å². The summed E-state index contributed by atoms with van der Waals surface area (Å²) in [6.45, 7) is 4.36. The van der Waals surface area contributed by atoms with Gasteiger partial charge in [0.05, 0.1) is 41.5 Å². The Morgan fingerprint density at radius 2 is 1.98 bits per heavy atom. The number of fused-ring (bicyclic) bond motifs is 4. The van der Waals surface area contributed by atoms with Gasteiger partial charge in [0.2, 0.25) is 0 Å². The minimum Gasteiger partial charge on any atom is -0.468 e. The fourth-order valence-corrected chi connectivity index (χ4v) is 7.91. The van der Waals surface area contributed by atoms with Crippen LogP contribution in [0.4, 0.5) is 19.0 Å². The van der Waals surface area contributed by atoms with Gasteiger partial charge in [-0.1, -0.05) is 13.0 Å². The average Bonchev–Trinajstić information content (AvgIpc) is 3.81. The average molecular weight is 685 g/mol. The topological polar surface area (TPSA) is 114 Å². The number of benzene rings is 2. The van der Waals surface area contributed by atoms with E-state index in [0.717, 1.165) is 19.4 Å². The van der Waals surface area contributed by atoms with Crippen LogP contribution >= 0.6 is 0 Å². The number of pyridine rings is 1. The summed E-state index contributed by atoms with van der Waals surface area (Å²) in [7, 11) is 1.50. The second-order valence-corrected chi connectivity index (χ2v) is 13.1. The summed E-state index contributed by atoms with van der Waals surface area (Å²) >= 11 is 0. The number of nitriles is 1. The third kappa shape index (κ3) is 5.36. The van der Waals surface area contributed by atoms with Crippen LogP contribution in [0.1, 0.15) is 43.0 Å². The van der Waals surface area contributed by atoms with Gasteiger partial charge >= 0.3 is 6.01 Å². The maximum Gasteiger partial charge on any atom is 0.319 e. The molecule has 11 nitrogen and oxygen atoms in total. The Bertz CT molecular complexity index is 2170. The Hall–Kier alpha value is -5.00. The van der Waals surface area contributed by atoms with Gasteiger partial charge in [0, 0.05) is 38.4 Å². The maximum absolute atomic E-state index is 17.1. The number of methoxy groups -OCH3 is 1. The molecular formula is C36H35F3N8O3. The lowest BCUT2D eigenvalue weighted by molar-refractivity contribution is 0.0512. The quantitative estimate of drug-likeness (QED) is 0.179. The Labute approximate surface area is 286 Å². The van der Waals surface area contributed by atoms with Gasteiger partial charge in [-0.2, -0.15) is 20.3 Å². The van der Waals surface area contributed by atoms with Gasteiger partial charge in [-0.3, -0.25) is 14.6 Å². The summed E-state index contributed by atoms with van der Waals surface area (Å²) in [6, 6.07) is 8.56. The van der Waals surface area contributed by atoms with Gasteiger partial charge in [-0.15, -0.1) is 0 Å². The minimum absolute atomic E-state index is 0.0315. The predicted molar refractivity (Wildman–Crippen MR) is 179 cm³/mol. The molecule has 8 rings (SSSR count). The zero-order chi connectivity index (χ0) is 34.6. The first kappa shape index (κ1) is 32.2. The largest absolute Gasteiger partial charge is 0.468 e. The molecule has 0 unspecified atom stereocenters. The van der Waals surface area contributed by atoms with Crippen molar-refractivity contribution in [3.8, 4) is 29.1 Å². The number of hydrogen-bond acceptors (Lipinski definition) is 10. The second kappa shape index (κ2) is 12.7. The van der Waals surface area contributed by atoms with E-state index in [4.69, 9.17) is 19.2 Å². The third-order valence-electron chi connectivity index (χ3n) is 10.3. The zero-order valence-electron chi connectivity index (χ0n) is 27.8. The van der Waals surface area contributed by atoms with Crippen LogP contribution in [0.3, 0.4) is 0 Å². The van der Waals surface area contributed by atoms with Crippen molar-refractivity contribution in [1.82, 2.24) is 29.6 Å². The van der Waals surface area contributed by atoms with Crippen molar-refractivity contribution in [2.75, 3.05) is 45.0 Å². The summed E-state index contributed by atoms with van der Waals surface area (Å²) in [5.41, 5.74) is 1.38. The molecule has 3 aromatic heterocycles. The normalized spacial score (nSPS) is 20.3. The summed E-state index contributed by atoms with van der Waals surface area (Å²) < 4.78 is 65.8. The van der Waals surface area contributed by atoms with Crippen LogP contribution in [0, 0.1) is 23.0 Å². The molecule has 3 aliphatic rings. The highest BCUT2D eigenvalue weighted by Gasteiger charge is 2.49. The first-order valence-corrected chi connectivity index (χ1v) is 16.8. The van der Waals surface area contributed by atoms with Crippen molar-refractivity contribution >= 4 is 27.5 Å². The van der Waals surface area contributed by atoms with Crippen LogP contribution in [-0.2, 0) is 24.2 Å². The van der Waals surface area contributed by atoms with E-state index < -0.39 is 23.3 Å². The van der Waals surface area contributed by atoms with Crippen molar-refractivity contribution in [3.05, 3.63) is 65.1 Å². The Balaban J connectivity index is 1.28. The number of ether oxygens (including phenoxy) is 3. The number of aryl methyl sites for hydroxylation is 1. The molecule has 0 bridgehead atoms. The van der Waals surface area contributed by atoms with E-state index in [1.165, 1.54) is 25.6 Å². The smallest absolute Gasteiger partial charge is 0.319 e. The highest BCUT2D eigenvalue weighted by molar-refractivity contribution is 6.01. The first-order chi connectivity index (χ1) is 24.3. The van der Waals surface area contributed by atoms with Gasteiger partial charge < -0.3 is 19.1 Å².